The van der Waals surface area contributed by atoms with Crippen LogP contribution in [0.1, 0.15) is 32.5 Å². The number of anilines is 1. The molecule has 0 fully saturated rings. The first kappa shape index (κ1) is 14.1. The van der Waals surface area contributed by atoms with Gasteiger partial charge in [0.1, 0.15) is 5.69 Å². The highest BCUT2D eigenvalue weighted by Gasteiger charge is 2.11. The van der Waals surface area contributed by atoms with Crippen LogP contribution in [0.2, 0.25) is 0 Å². The van der Waals surface area contributed by atoms with E-state index in [-0.39, 0.29) is 24.0 Å². The Kier molecular flexibility index (Phi) is 3.78. The van der Waals surface area contributed by atoms with Crippen molar-refractivity contribution in [2.24, 2.45) is 0 Å². The first-order valence-corrected chi connectivity index (χ1v) is 6.57. The second kappa shape index (κ2) is 5.36. The summed E-state index contributed by atoms with van der Waals surface area (Å²) < 4.78 is 4.31. The number of hydrogen-bond donors (Lipinski definition) is 1. The fourth-order valence-corrected chi connectivity index (χ4v) is 1.95. The number of nitrogens with zero attached hydrogens (tertiary/aromatic N) is 4. The second-order valence-corrected chi connectivity index (χ2v) is 4.93. The lowest BCUT2D eigenvalue weighted by atomic mass is 10.4. The fourth-order valence-electron chi connectivity index (χ4n) is 1.95. The van der Waals surface area contributed by atoms with E-state index >= 15 is 0 Å². The zero-order chi connectivity index (χ0) is 14.9. The minimum absolute atomic E-state index is 0.0646. The van der Waals surface area contributed by atoms with Crippen molar-refractivity contribution in [2.75, 3.05) is 5.73 Å². The molecule has 0 saturated carbocycles. The Bertz CT molecular complexity index is 723. The summed E-state index contributed by atoms with van der Waals surface area (Å²) in [6.07, 6.45) is 3.21. The number of nitrogens with two attached hydrogens (primary N) is 1. The zero-order valence-corrected chi connectivity index (χ0v) is 11.9. The van der Waals surface area contributed by atoms with Crippen molar-refractivity contribution < 1.29 is 0 Å². The van der Waals surface area contributed by atoms with Gasteiger partial charge in [0.25, 0.3) is 5.56 Å². The molecule has 0 aliphatic rings. The van der Waals surface area contributed by atoms with Gasteiger partial charge in [0, 0.05) is 25.0 Å². The largest absolute Gasteiger partial charge is 0.393 e. The maximum atomic E-state index is 12.2. The van der Waals surface area contributed by atoms with Gasteiger partial charge in [-0.3, -0.25) is 18.6 Å². The zero-order valence-electron chi connectivity index (χ0n) is 11.9. The molecule has 2 aromatic rings. The lowest BCUT2D eigenvalue weighted by Crippen LogP contribution is -2.40. The third-order valence-electron chi connectivity index (χ3n) is 3.12. The van der Waals surface area contributed by atoms with Crippen molar-refractivity contribution in [3.05, 3.63) is 45.0 Å². The molecule has 0 spiro atoms. The SMILES string of the molecule is CCn1cc(N)c(=O)n(Cc2ccn(C(C)C)n2)c1=O. The van der Waals surface area contributed by atoms with Gasteiger partial charge in [-0.2, -0.15) is 5.10 Å². The smallest absolute Gasteiger partial charge is 0.331 e. The number of rotatable bonds is 4. The predicted molar refractivity (Wildman–Crippen MR) is 76.8 cm³/mol. The molecule has 0 bridgehead atoms. The Hall–Kier alpha value is -2.31. The van der Waals surface area contributed by atoms with Gasteiger partial charge < -0.3 is 5.73 Å². The third-order valence-corrected chi connectivity index (χ3v) is 3.12. The van der Waals surface area contributed by atoms with Crippen LogP contribution in [-0.2, 0) is 13.1 Å². The lowest BCUT2D eigenvalue weighted by Gasteiger charge is -2.09. The van der Waals surface area contributed by atoms with Crippen LogP contribution >= 0.6 is 0 Å². The monoisotopic (exact) mass is 277 g/mol. The van der Waals surface area contributed by atoms with E-state index in [1.165, 1.54) is 10.8 Å². The maximum Gasteiger partial charge on any atom is 0.331 e. The first-order chi connectivity index (χ1) is 9.43. The molecule has 2 aromatic heterocycles. The number of aromatic nitrogens is 4. The highest BCUT2D eigenvalue weighted by atomic mass is 16.2. The molecule has 7 heteroatoms. The van der Waals surface area contributed by atoms with Gasteiger partial charge in [-0.25, -0.2) is 4.79 Å². The lowest BCUT2D eigenvalue weighted by molar-refractivity contribution is 0.519. The van der Waals surface area contributed by atoms with Crippen LogP contribution in [0.4, 0.5) is 5.69 Å². The molecule has 0 amide bonds. The van der Waals surface area contributed by atoms with Gasteiger partial charge in [0.05, 0.1) is 12.2 Å². The molecule has 2 N–H and O–H groups in total. The normalized spacial score (nSPS) is 11.2. The van der Waals surface area contributed by atoms with E-state index in [4.69, 9.17) is 5.73 Å². The molecule has 0 radical (unpaired) electrons. The molecule has 0 aliphatic heterocycles. The maximum absolute atomic E-state index is 12.2. The van der Waals surface area contributed by atoms with E-state index in [1.807, 2.05) is 27.0 Å². The molecule has 0 aliphatic carbocycles. The summed E-state index contributed by atoms with van der Waals surface area (Å²) in [5.41, 5.74) is 5.53. The van der Waals surface area contributed by atoms with Gasteiger partial charge in [0.2, 0.25) is 0 Å². The van der Waals surface area contributed by atoms with Gasteiger partial charge >= 0.3 is 5.69 Å². The van der Waals surface area contributed by atoms with Gasteiger partial charge in [-0.1, -0.05) is 0 Å². The van der Waals surface area contributed by atoms with Crippen LogP contribution in [0.3, 0.4) is 0 Å². The Balaban J connectivity index is 2.45. The van der Waals surface area contributed by atoms with Crippen molar-refractivity contribution in [1.29, 1.82) is 0 Å². The minimum atomic E-state index is -0.473. The summed E-state index contributed by atoms with van der Waals surface area (Å²) in [6.45, 7) is 6.43. The second-order valence-electron chi connectivity index (χ2n) is 4.93. The molecule has 108 valence electrons. The fraction of sp³-hybridized carbons (Fsp3) is 0.462. The van der Waals surface area contributed by atoms with E-state index in [0.717, 1.165) is 4.57 Å². The van der Waals surface area contributed by atoms with Gasteiger partial charge in [-0.05, 0) is 26.8 Å². The average molecular weight is 277 g/mol. The summed E-state index contributed by atoms with van der Waals surface area (Å²) >= 11 is 0. The van der Waals surface area contributed by atoms with Crippen molar-refractivity contribution in [3.8, 4) is 0 Å². The molecule has 2 heterocycles. The first-order valence-electron chi connectivity index (χ1n) is 6.57. The molecule has 0 saturated heterocycles. The van der Waals surface area contributed by atoms with Crippen molar-refractivity contribution in [3.63, 3.8) is 0 Å². The van der Waals surface area contributed by atoms with E-state index < -0.39 is 5.56 Å². The predicted octanol–water partition coefficient (Wildman–Crippen LogP) is 0.438. The standard InChI is InChI=1S/C13H19N5O2/c1-4-16-8-11(14)12(19)17(13(16)20)7-10-5-6-18(15-10)9(2)3/h5-6,8-9H,4,7,14H2,1-3H3. The summed E-state index contributed by atoms with van der Waals surface area (Å²) in [4.78, 5) is 24.1. The van der Waals surface area contributed by atoms with Crippen LogP contribution in [0, 0.1) is 0 Å². The molecule has 0 unspecified atom stereocenters. The molecular formula is C13H19N5O2. The van der Waals surface area contributed by atoms with Crippen LogP contribution in [0.15, 0.2) is 28.0 Å². The van der Waals surface area contributed by atoms with E-state index in [9.17, 15) is 9.59 Å². The average Bonchev–Trinajstić information content (AvgIpc) is 2.87. The highest BCUT2D eigenvalue weighted by Crippen LogP contribution is 2.04. The number of aryl methyl sites for hydroxylation is 1. The Morgan fingerprint density at radius 2 is 2.05 bits per heavy atom. The Morgan fingerprint density at radius 3 is 2.60 bits per heavy atom. The minimum Gasteiger partial charge on any atom is -0.393 e. The highest BCUT2D eigenvalue weighted by molar-refractivity contribution is 5.31. The van der Waals surface area contributed by atoms with Crippen LogP contribution in [0.25, 0.3) is 0 Å². The summed E-state index contributed by atoms with van der Waals surface area (Å²) in [7, 11) is 0. The summed E-state index contributed by atoms with van der Waals surface area (Å²) in [6, 6.07) is 2.03. The molecular weight excluding hydrogens is 258 g/mol. The van der Waals surface area contributed by atoms with Crippen molar-refractivity contribution >= 4 is 5.69 Å². The summed E-state index contributed by atoms with van der Waals surface area (Å²) in [5.74, 6) is 0. The van der Waals surface area contributed by atoms with Crippen LogP contribution in [-0.4, -0.2) is 18.9 Å². The van der Waals surface area contributed by atoms with Gasteiger partial charge in [0.15, 0.2) is 0 Å². The molecule has 2 rings (SSSR count). The van der Waals surface area contributed by atoms with Gasteiger partial charge in [-0.15, -0.1) is 0 Å². The Labute approximate surface area is 116 Å². The van der Waals surface area contributed by atoms with Crippen molar-refractivity contribution in [2.45, 2.75) is 39.9 Å². The van der Waals surface area contributed by atoms with E-state index in [1.54, 1.807) is 10.7 Å². The topological polar surface area (TPSA) is 87.8 Å². The Morgan fingerprint density at radius 1 is 1.35 bits per heavy atom. The molecule has 20 heavy (non-hydrogen) atoms. The van der Waals surface area contributed by atoms with Crippen LogP contribution in [0.5, 0.6) is 0 Å². The number of nitrogen functional groups attached to an aromatic ring is 1. The van der Waals surface area contributed by atoms with Crippen molar-refractivity contribution in [1.82, 2.24) is 18.9 Å². The van der Waals surface area contributed by atoms with E-state index in [2.05, 4.69) is 5.10 Å². The van der Waals surface area contributed by atoms with Crippen LogP contribution < -0.4 is 17.0 Å². The van der Waals surface area contributed by atoms with E-state index in [0.29, 0.717) is 12.2 Å². The summed E-state index contributed by atoms with van der Waals surface area (Å²) in [5, 5.41) is 4.34. The molecule has 0 atom stereocenters. The molecule has 0 aromatic carbocycles. The quantitative estimate of drug-likeness (QED) is 0.878. The third kappa shape index (κ3) is 2.52. The number of hydrogen-bond acceptors (Lipinski definition) is 4. The molecule has 7 nitrogen and oxygen atoms in total.